The molecule has 1 unspecified atom stereocenters. The number of aromatic nitrogens is 1. The number of anilines is 1. The van der Waals surface area contributed by atoms with Crippen molar-refractivity contribution >= 4 is 17.6 Å². The fourth-order valence-corrected chi connectivity index (χ4v) is 2.44. The number of hydrogen-bond acceptors (Lipinski definition) is 3. The van der Waals surface area contributed by atoms with Gasteiger partial charge < -0.3 is 20.1 Å². The first-order valence-corrected chi connectivity index (χ1v) is 6.90. The molecular formula is C14H20N2O4. The minimum absolute atomic E-state index is 0.118. The highest BCUT2D eigenvalue weighted by atomic mass is 16.5. The molecule has 1 aromatic rings. The van der Waals surface area contributed by atoms with Crippen LogP contribution in [0.15, 0.2) is 6.20 Å². The lowest BCUT2D eigenvalue weighted by molar-refractivity contribution is -0.117. The molecule has 1 aromatic heterocycles. The normalized spacial score (nSPS) is 18.8. The largest absolute Gasteiger partial charge is 0.478 e. The third-order valence-corrected chi connectivity index (χ3v) is 3.53. The third-order valence-electron chi connectivity index (χ3n) is 3.53. The van der Waals surface area contributed by atoms with Crippen molar-refractivity contribution in [1.82, 2.24) is 4.98 Å². The van der Waals surface area contributed by atoms with Gasteiger partial charge in [0.15, 0.2) is 0 Å². The minimum atomic E-state index is -1.05. The van der Waals surface area contributed by atoms with Crippen molar-refractivity contribution in [2.45, 2.75) is 45.1 Å². The Labute approximate surface area is 117 Å². The van der Waals surface area contributed by atoms with Crippen LogP contribution >= 0.6 is 0 Å². The van der Waals surface area contributed by atoms with Gasteiger partial charge >= 0.3 is 5.97 Å². The lowest BCUT2D eigenvalue weighted by Crippen LogP contribution is -2.22. The average molecular weight is 280 g/mol. The molecule has 0 radical (unpaired) electrons. The molecule has 20 heavy (non-hydrogen) atoms. The average Bonchev–Trinajstić information content (AvgIpc) is 2.78. The van der Waals surface area contributed by atoms with Gasteiger partial charge in [-0.3, -0.25) is 4.79 Å². The predicted octanol–water partition coefficient (Wildman–Crippen LogP) is 2.31. The minimum Gasteiger partial charge on any atom is -0.478 e. The quantitative estimate of drug-likeness (QED) is 0.771. The number of ether oxygens (including phenoxy) is 1. The van der Waals surface area contributed by atoms with Gasteiger partial charge in [0.05, 0.1) is 11.8 Å². The van der Waals surface area contributed by atoms with E-state index in [1.54, 1.807) is 6.92 Å². The number of carbonyl (C=O) groups excluding carboxylic acids is 1. The standard InChI is InChI=1S/C14H20N2O4/c1-9-13(14(18)19)11(8-15-9)16-12(17)6-5-10-4-2-3-7-20-10/h8,10,15H,2-7H2,1H3,(H,16,17)(H,18,19). The topological polar surface area (TPSA) is 91.4 Å². The van der Waals surface area contributed by atoms with Crippen molar-refractivity contribution in [2.24, 2.45) is 0 Å². The molecule has 0 aliphatic carbocycles. The van der Waals surface area contributed by atoms with Gasteiger partial charge in [0.2, 0.25) is 5.91 Å². The van der Waals surface area contributed by atoms with Crippen LogP contribution in [-0.4, -0.2) is 34.7 Å². The van der Waals surface area contributed by atoms with Crippen LogP contribution in [0.4, 0.5) is 5.69 Å². The van der Waals surface area contributed by atoms with E-state index in [0.717, 1.165) is 25.9 Å². The van der Waals surface area contributed by atoms with E-state index in [1.807, 2.05) is 0 Å². The highest BCUT2D eigenvalue weighted by molar-refractivity contribution is 6.01. The summed E-state index contributed by atoms with van der Waals surface area (Å²) in [6, 6.07) is 0. The zero-order chi connectivity index (χ0) is 14.5. The van der Waals surface area contributed by atoms with Gasteiger partial charge in [-0.15, -0.1) is 0 Å². The van der Waals surface area contributed by atoms with Crippen LogP contribution in [0.25, 0.3) is 0 Å². The van der Waals surface area contributed by atoms with E-state index in [4.69, 9.17) is 9.84 Å². The Bertz CT molecular complexity index is 489. The Hall–Kier alpha value is -1.82. The highest BCUT2D eigenvalue weighted by Gasteiger charge is 2.19. The van der Waals surface area contributed by atoms with Gasteiger partial charge in [0, 0.05) is 24.9 Å². The molecule has 1 aliphatic heterocycles. The Morgan fingerprint density at radius 2 is 2.30 bits per heavy atom. The Balaban J connectivity index is 1.86. The number of nitrogens with one attached hydrogen (secondary N) is 2. The lowest BCUT2D eigenvalue weighted by Gasteiger charge is -2.22. The van der Waals surface area contributed by atoms with Crippen molar-refractivity contribution in [2.75, 3.05) is 11.9 Å². The van der Waals surface area contributed by atoms with Crippen molar-refractivity contribution in [3.63, 3.8) is 0 Å². The summed E-state index contributed by atoms with van der Waals surface area (Å²) in [4.78, 5) is 25.8. The van der Waals surface area contributed by atoms with E-state index in [0.29, 0.717) is 24.2 Å². The zero-order valence-electron chi connectivity index (χ0n) is 11.6. The smallest absolute Gasteiger partial charge is 0.339 e. The Kier molecular flexibility index (Phi) is 4.79. The molecule has 1 fully saturated rings. The first kappa shape index (κ1) is 14.6. The third kappa shape index (κ3) is 3.60. The summed E-state index contributed by atoms with van der Waals surface area (Å²) in [5, 5.41) is 11.7. The van der Waals surface area contributed by atoms with E-state index in [1.165, 1.54) is 6.20 Å². The van der Waals surface area contributed by atoms with Gasteiger partial charge in [0.1, 0.15) is 5.56 Å². The lowest BCUT2D eigenvalue weighted by atomic mass is 10.0. The van der Waals surface area contributed by atoms with Crippen LogP contribution in [0.3, 0.4) is 0 Å². The number of aromatic carboxylic acids is 1. The summed E-state index contributed by atoms with van der Waals surface area (Å²) in [7, 11) is 0. The number of rotatable bonds is 5. The molecule has 1 amide bonds. The molecule has 2 heterocycles. The van der Waals surface area contributed by atoms with Gasteiger partial charge in [-0.2, -0.15) is 0 Å². The molecule has 0 aromatic carbocycles. The molecular weight excluding hydrogens is 260 g/mol. The maximum Gasteiger partial charge on any atom is 0.339 e. The summed E-state index contributed by atoms with van der Waals surface area (Å²) in [5.74, 6) is -1.23. The zero-order valence-corrected chi connectivity index (χ0v) is 11.6. The van der Waals surface area contributed by atoms with E-state index in [-0.39, 0.29) is 17.6 Å². The van der Waals surface area contributed by atoms with Crippen molar-refractivity contribution in [3.05, 3.63) is 17.5 Å². The number of hydrogen-bond donors (Lipinski definition) is 3. The molecule has 3 N–H and O–H groups in total. The fourth-order valence-electron chi connectivity index (χ4n) is 2.44. The Morgan fingerprint density at radius 1 is 1.50 bits per heavy atom. The second-order valence-electron chi connectivity index (χ2n) is 5.08. The second-order valence-corrected chi connectivity index (χ2v) is 5.08. The predicted molar refractivity (Wildman–Crippen MR) is 73.9 cm³/mol. The molecule has 1 aliphatic rings. The molecule has 6 nitrogen and oxygen atoms in total. The van der Waals surface area contributed by atoms with Gasteiger partial charge in [-0.05, 0) is 32.6 Å². The van der Waals surface area contributed by atoms with Crippen LogP contribution < -0.4 is 5.32 Å². The number of carboxylic acid groups (broad SMARTS) is 1. The number of amides is 1. The van der Waals surface area contributed by atoms with Crippen LogP contribution in [-0.2, 0) is 9.53 Å². The van der Waals surface area contributed by atoms with Crippen LogP contribution in [0, 0.1) is 6.92 Å². The van der Waals surface area contributed by atoms with Crippen LogP contribution in [0.5, 0.6) is 0 Å². The summed E-state index contributed by atoms with van der Waals surface area (Å²) in [5.41, 5.74) is 0.972. The van der Waals surface area contributed by atoms with Crippen molar-refractivity contribution < 1.29 is 19.4 Å². The monoisotopic (exact) mass is 280 g/mol. The van der Waals surface area contributed by atoms with E-state index < -0.39 is 5.97 Å². The first-order valence-electron chi connectivity index (χ1n) is 6.90. The summed E-state index contributed by atoms with van der Waals surface area (Å²) in [6.45, 7) is 2.43. The molecule has 0 saturated carbocycles. The molecule has 0 bridgehead atoms. The number of aryl methyl sites for hydroxylation is 1. The van der Waals surface area contributed by atoms with Gasteiger partial charge in [0.25, 0.3) is 0 Å². The van der Waals surface area contributed by atoms with E-state index >= 15 is 0 Å². The molecule has 2 rings (SSSR count). The van der Waals surface area contributed by atoms with Crippen molar-refractivity contribution in [3.8, 4) is 0 Å². The molecule has 1 saturated heterocycles. The number of carbonyl (C=O) groups is 2. The summed E-state index contributed by atoms with van der Waals surface area (Å²) >= 11 is 0. The second kappa shape index (κ2) is 6.56. The number of carboxylic acids is 1. The highest BCUT2D eigenvalue weighted by Crippen LogP contribution is 2.21. The van der Waals surface area contributed by atoms with E-state index in [9.17, 15) is 9.59 Å². The number of H-pyrrole nitrogens is 1. The van der Waals surface area contributed by atoms with Crippen LogP contribution in [0.2, 0.25) is 0 Å². The van der Waals surface area contributed by atoms with E-state index in [2.05, 4.69) is 10.3 Å². The fraction of sp³-hybridized carbons (Fsp3) is 0.571. The Morgan fingerprint density at radius 3 is 2.95 bits per heavy atom. The molecule has 6 heteroatoms. The molecule has 0 spiro atoms. The summed E-state index contributed by atoms with van der Waals surface area (Å²) < 4.78 is 5.56. The summed E-state index contributed by atoms with van der Waals surface area (Å²) in [6.07, 6.45) is 5.91. The molecule has 1 atom stereocenters. The SMILES string of the molecule is Cc1[nH]cc(NC(=O)CCC2CCCCO2)c1C(=O)O. The number of aromatic amines is 1. The first-order chi connectivity index (χ1) is 9.58. The van der Waals surface area contributed by atoms with Crippen LogP contribution in [0.1, 0.15) is 48.2 Å². The maximum atomic E-state index is 11.9. The molecule has 110 valence electrons. The maximum absolute atomic E-state index is 11.9. The van der Waals surface area contributed by atoms with Crippen molar-refractivity contribution in [1.29, 1.82) is 0 Å². The van der Waals surface area contributed by atoms with Gasteiger partial charge in [-0.1, -0.05) is 0 Å². The van der Waals surface area contributed by atoms with Gasteiger partial charge in [-0.25, -0.2) is 4.79 Å².